The number of aromatic nitrogens is 3. The number of nitriles is 1. The second-order valence-electron chi connectivity index (χ2n) is 8.05. The number of anilines is 1. The maximum Gasteiger partial charge on any atom is 0.335 e. The number of carbonyl (C=O) groups is 2. The summed E-state index contributed by atoms with van der Waals surface area (Å²) in [6, 6.07) is 10.4. The molecule has 4 rings (SSSR count). The summed E-state index contributed by atoms with van der Waals surface area (Å²) < 4.78 is 12.2. The van der Waals surface area contributed by atoms with E-state index < -0.39 is 36.7 Å². The van der Waals surface area contributed by atoms with Gasteiger partial charge in [0.05, 0.1) is 11.9 Å². The summed E-state index contributed by atoms with van der Waals surface area (Å²) >= 11 is 0. The zero-order valence-corrected chi connectivity index (χ0v) is 19.2. The fourth-order valence-corrected chi connectivity index (χ4v) is 3.97. The topological polar surface area (TPSA) is 191 Å². The van der Waals surface area contributed by atoms with Crippen LogP contribution in [0.1, 0.15) is 19.4 Å². The number of fused-ring (bicyclic) bond motifs is 1. The zero-order valence-electron chi connectivity index (χ0n) is 19.2. The predicted octanol–water partition coefficient (Wildman–Crippen LogP) is -0.0882. The van der Waals surface area contributed by atoms with Gasteiger partial charge in [-0.05, 0) is 19.1 Å². The minimum atomic E-state index is -1.88. The van der Waals surface area contributed by atoms with E-state index in [0.29, 0.717) is 23.5 Å². The highest BCUT2D eigenvalue weighted by molar-refractivity contribution is 5.92. The molecule has 13 heteroatoms. The molecule has 1 aliphatic rings. The molecule has 5 atom stereocenters. The largest absolute Gasteiger partial charge is 0.479 e. The fraction of sp³-hybridized carbons (Fsp3) is 0.348. The molecule has 4 N–H and O–H groups in total. The number of aliphatic carboxylic acids is 1. The molecule has 13 nitrogen and oxygen atoms in total. The third-order valence-electron chi connectivity index (χ3n) is 5.77. The Labute approximate surface area is 204 Å². The van der Waals surface area contributed by atoms with E-state index in [1.807, 2.05) is 13.0 Å². The molecule has 0 saturated carbocycles. The second-order valence-corrected chi connectivity index (χ2v) is 8.05. The first-order valence-electron chi connectivity index (χ1n) is 10.9. The molecule has 188 valence electrons. The second kappa shape index (κ2) is 9.88. The number of aliphatic hydroxyl groups is 3. The van der Waals surface area contributed by atoms with Crippen molar-refractivity contribution in [2.75, 3.05) is 11.4 Å². The maximum absolute atomic E-state index is 12.0. The molecule has 36 heavy (non-hydrogen) atoms. The summed E-state index contributed by atoms with van der Waals surface area (Å²) in [5.74, 6) is -1.88. The van der Waals surface area contributed by atoms with E-state index in [0.717, 1.165) is 0 Å². The molecule has 0 bridgehead atoms. The average molecular weight is 497 g/mol. The maximum atomic E-state index is 12.0. The summed E-state index contributed by atoms with van der Waals surface area (Å²) in [6.45, 7) is 3.72. The molecule has 1 saturated heterocycles. The molecule has 0 radical (unpaired) electrons. The first-order valence-corrected chi connectivity index (χ1v) is 10.9. The summed E-state index contributed by atoms with van der Waals surface area (Å²) in [5.41, 5.74) is 1.82. The minimum absolute atomic E-state index is 0.106. The van der Waals surface area contributed by atoms with Crippen LogP contribution < -0.4 is 9.64 Å². The number of amides is 1. The minimum Gasteiger partial charge on any atom is -0.479 e. The lowest BCUT2D eigenvalue weighted by Gasteiger charge is -2.38. The van der Waals surface area contributed by atoms with Crippen LogP contribution in [-0.2, 0) is 14.3 Å². The number of carboxylic acid groups (broad SMARTS) is 1. The Morgan fingerprint density at radius 3 is 2.61 bits per heavy atom. The summed E-state index contributed by atoms with van der Waals surface area (Å²) in [6.07, 6.45) is -7.78. The zero-order chi connectivity index (χ0) is 26.1. The Morgan fingerprint density at radius 2 is 1.97 bits per heavy atom. The van der Waals surface area contributed by atoms with E-state index in [9.17, 15) is 35.3 Å². The molecule has 1 aliphatic heterocycles. The van der Waals surface area contributed by atoms with Crippen molar-refractivity contribution in [3.8, 4) is 23.2 Å². The van der Waals surface area contributed by atoms with Crippen molar-refractivity contribution >= 4 is 23.2 Å². The van der Waals surface area contributed by atoms with Crippen LogP contribution >= 0.6 is 0 Å². The van der Waals surface area contributed by atoms with E-state index in [1.165, 1.54) is 23.7 Å². The number of nitrogens with zero attached hydrogens (tertiary/aromatic N) is 5. The van der Waals surface area contributed by atoms with Crippen LogP contribution in [0.15, 0.2) is 36.5 Å². The van der Waals surface area contributed by atoms with Gasteiger partial charge in [-0.1, -0.05) is 12.1 Å². The summed E-state index contributed by atoms with van der Waals surface area (Å²) in [5, 5.41) is 53.3. The number of benzene rings is 1. The number of rotatable bonds is 6. The number of ether oxygens (including phenoxy) is 2. The van der Waals surface area contributed by atoms with Gasteiger partial charge < -0.3 is 34.8 Å². The average Bonchev–Trinajstić information content (AvgIpc) is 3.27. The van der Waals surface area contributed by atoms with Crippen molar-refractivity contribution in [2.24, 2.45) is 0 Å². The Hall–Kier alpha value is -4.09. The monoisotopic (exact) mass is 497 g/mol. The predicted molar refractivity (Wildman–Crippen MR) is 122 cm³/mol. The lowest BCUT2D eigenvalue weighted by molar-refractivity contribution is -0.271. The van der Waals surface area contributed by atoms with E-state index >= 15 is 0 Å². The van der Waals surface area contributed by atoms with Gasteiger partial charge in [-0.2, -0.15) is 15.3 Å². The SMILES string of the molecule is CCN(C(C)=O)c1cccc(-c2cc(O[C@@H]3O[C@H](C(=O)O)[C@@H](O)[C@H](O)[C@H]3O)nc3c(C#N)cnn23)c1. The number of aliphatic hydroxyl groups excluding tert-OH is 3. The van der Waals surface area contributed by atoms with Crippen LogP contribution in [0.4, 0.5) is 5.69 Å². The van der Waals surface area contributed by atoms with Gasteiger partial charge in [0.1, 0.15) is 29.9 Å². The quantitative estimate of drug-likeness (QED) is 0.356. The van der Waals surface area contributed by atoms with Crippen LogP contribution in [0.25, 0.3) is 16.9 Å². The first-order chi connectivity index (χ1) is 17.2. The van der Waals surface area contributed by atoms with Crippen molar-refractivity contribution in [1.82, 2.24) is 14.6 Å². The number of carbonyl (C=O) groups excluding carboxylic acids is 1. The van der Waals surface area contributed by atoms with E-state index in [1.54, 1.807) is 29.2 Å². The third-order valence-corrected chi connectivity index (χ3v) is 5.77. The Balaban J connectivity index is 1.79. The molecule has 1 aromatic carbocycles. The molecular weight excluding hydrogens is 474 g/mol. The Bertz CT molecular complexity index is 1350. The number of carboxylic acids is 1. The van der Waals surface area contributed by atoms with Crippen molar-refractivity contribution < 1.29 is 39.5 Å². The highest BCUT2D eigenvalue weighted by Crippen LogP contribution is 2.30. The molecule has 2 aromatic heterocycles. The third kappa shape index (κ3) is 4.45. The molecule has 3 aromatic rings. The normalized spacial score (nSPS) is 23.7. The lowest BCUT2D eigenvalue weighted by atomic mass is 9.99. The van der Waals surface area contributed by atoms with Crippen molar-refractivity contribution in [3.05, 3.63) is 42.1 Å². The van der Waals surface area contributed by atoms with Gasteiger partial charge in [0.25, 0.3) is 0 Å². The highest BCUT2D eigenvalue weighted by Gasteiger charge is 2.48. The van der Waals surface area contributed by atoms with Gasteiger partial charge in [0.15, 0.2) is 11.8 Å². The molecule has 0 spiro atoms. The highest BCUT2D eigenvalue weighted by atomic mass is 16.7. The molecule has 0 aliphatic carbocycles. The van der Waals surface area contributed by atoms with Gasteiger partial charge in [-0.3, -0.25) is 4.79 Å². The molecule has 0 unspecified atom stereocenters. The van der Waals surface area contributed by atoms with E-state index in [4.69, 9.17) is 9.47 Å². The summed E-state index contributed by atoms with van der Waals surface area (Å²) in [7, 11) is 0. The fourth-order valence-electron chi connectivity index (χ4n) is 3.97. The first kappa shape index (κ1) is 25.0. The Morgan fingerprint density at radius 1 is 1.22 bits per heavy atom. The van der Waals surface area contributed by atoms with Crippen LogP contribution in [0, 0.1) is 11.3 Å². The van der Waals surface area contributed by atoms with Crippen LogP contribution in [0.3, 0.4) is 0 Å². The van der Waals surface area contributed by atoms with Gasteiger partial charge in [0.2, 0.25) is 18.1 Å². The summed E-state index contributed by atoms with van der Waals surface area (Å²) in [4.78, 5) is 29.3. The van der Waals surface area contributed by atoms with E-state index in [-0.39, 0.29) is 23.0 Å². The van der Waals surface area contributed by atoms with Gasteiger partial charge in [-0.15, -0.1) is 0 Å². The Kier molecular flexibility index (Phi) is 6.86. The van der Waals surface area contributed by atoms with E-state index in [2.05, 4.69) is 10.1 Å². The van der Waals surface area contributed by atoms with Gasteiger partial charge >= 0.3 is 5.97 Å². The van der Waals surface area contributed by atoms with Crippen LogP contribution in [0.2, 0.25) is 0 Å². The molecular formula is C23H23N5O8. The van der Waals surface area contributed by atoms with Crippen LogP contribution in [0.5, 0.6) is 5.88 Å². The lowest BCUT2D eigenvalue weighted by Crippen LogP contribution is -2.61. The molecule has 3 heterocycles. The van der Waals surface area contributed by atoms with Crippen molar-refractivity contribution in [2.45, 2.75) is 44.6 Å². The van der Waals surface area contributed by atoms with Gasteiger partial charge in [-0.25, -0.2) is 9.31 Å². The van der Waals surface area contributed by atoms with Crippen molar-refractivity contribution in [3.63, 3.8) is 0 Å². The molecule has 1 amide bonds. The van der Waals surface area contributed by atoms with Crippen molar-refractivity contribution in [1.29, 1.82) is 5.26 Å². The standard InChI is InChI=1S/C23H23N5O8/c1-3-27(11(2)29)14-6-4-5-12(7-14)15-8-16(26-21-13(9-24)10-25-28(15)21)35-23-19(32)17(30)18(31)20(36-23)22(33)34/h4-8,10,17-20,23,30-32H,3H2,1-2H3,(H,33,34)/t17-,18-,19+,20-,23+/m0/s1. The molecule has 1 fully saturated rings. The smallest absolute Gasteiger partial charge is 0.335 e. The van der Waals surface area contributed by atoms with Crippen LogP contribution in [-0.4, -0.2) is 84.2 Å². The number of hydrogen-bond acceptors (Lipinski definition) is 10. The van der Waals surface area contributed by atoms with Gasteiger partial charge in [0, 0.05) is 30.8 Å². The number of hydrogen-bond donors (Lipinski definition) is 4.